The van der Waals surface area contributed by atoms with Gasteiger partial charge in [-0.2, -0.15) is 0 Å². The lowest BCUT2D eigenvalue weighted by molar-refractivity contribution is 0.141. The number of hydrogen-bond acceptors (Lipinski definition) is 4. The van der Waals surface area contributed by atoms with Crippen LogP contribution in [-0.4, -0.2) is 65.9 Å². The molecule has 112 valence electrons. The van der Waals surface area contributed by atoms with Gasteiger partial charge in [-0.3, -0.25) is 4.90 Å². The molecule has 0 radical (unpaired) electrons. The molecule has 1 unspecified atom stereocenters. The van der Waals surface area contributed by atoms with E-state index in [1.54, 1.807) is 0 Å². The summed E-state index contributed by atoms with van der Waals surface area (Å²) in [4.78, 5) is 4.73. The number of rotatable bonds is 6. The number of aliphatic hydroxyl groups is 2. The number of β-amino-alcohol motifs (C(OH)–C–C–N with tert-alkyl or cyclic N) is 1. The van der Waals surface area contributed by atoms with E-state index in [0.29, 0.717) is 0 Å². The van der Waals surface area contributed by atoms with E-state index >= 15 is 0 Å². The van der Waals surface area contributed by atoms with Crippen LogP contribution in [0.4, 0.5) is 0 Å². The highest BCUT2D eigenvalue weighted by Crippen LogP contribution is 2.16. The highest BCUT2D eigenvalue weighted by Gasteiger charge is 2.15. The van der Waals surface area contributed by atoms with E-state index in [2.05, 4.69) is 9.80 Å². The Balaban J connectivity index is 1.74. The van der Waals surface area contributed by atoms with Crippen molar-refractivity contribution in [3.63, 3.8) is 0 Å². The third-order valence-electron chi connectivity index (χ3n) is 4.00. The fourth-order valence-electron chi connectivity index (χ4n) is 2.76. The maximum atomic E-state index is 10.2. The molecular formula is C16H26N2O2. The van der Waals surface area contributed by atoms with Crippen LogP contribution >= 0.6 is 0 Å². The van der Waals surface area contributed by atoms with Crippen molar-refractivity contribution in [2.24, 2.45) is 0 Å². The van der Waals surface area contributed by atoms with Gasteiger partial charge in [-0.05, 0) is 31.5 Å². The smallest absolute Gasteiger partial charge is 0.0802 e. The average Bonchev–Trinajstić information content (AvgIpc) is 2.71. The molecule has 0 spiro atoms. The van der Waals surface area contributed by atoms with E-state index in [9.17, 15) is 5.11 Å². The minimum Gasteiger partial charge on any atom is -0.395 e. The Morgan fingerprint density at radius 2 is 1.60 bits per heavy atom. The number of aliphatic hydroxyl groups excluding tert-OH is 2. The fourth-order valence-corrected chi connectivity index (χ4v) is 2.76. The van der Waals surface area contributed by atoms with Gasteiger partial charge < -0.3 is 15.1 Å². The van der Waals surface area contributed by atoms with Crippen LogP contribution in [0.25, 0.3) is 0 Å². The van der Waals surface area contributed by atoms with Crippen molar-refractivity contribution < 1.29 is 10.2 Å². The van der Waals surface area contributed by atoms with Crippen LogP contribution in [0.2, 0.25) is 0 Å². The Bertz CT molecular complexity index is 372. The first-order chi connectivity index (χ1) is 9.79. The summed E-state index contributed by atoms with van der Waals surface area (Å²) in [5.41, 5.74) is 1.00. The lowest BCUT2D eigenvalue weighted by Gasteiger charge is -2.22. The molecule has 1 heterocycles. The third kappa shape index (κ3) is 4.87. The monoisotopic (exact) mass is 278 g/mol. The largest absolute Gasteiger partial charge is 0.395 e. The van der Waals surface area contributed by atoms with Gasteiger partial charge in [0.2, 0.25) is 0 Å². The molecule has 0 amide bonds. The molecule has 1 fully saturated rings. The highest BCUT2D eigenvalue weighted by molar-refractivity contribution is 5.17. The molecule has 1 aromatic rings. The van der Waals surface area contributed by atoms with Gasteiger partial charge in [-0.25, -0.2) is 0 Å². The van der Waals surface area contributed by atoms with E-state index in [-0.39, 0.29) is 12.7 Å². The third-order valence-corrected chi connectivity index (χ3v) is 4.00. The zero-order valence-corrected chi connectivity index (χ0v) is 12.1. The molecule has 2 N–H and O–H groups in total. The zero-order chi connectivity index (χ0) is 14.2. The summed E-state index contributed by atoms with van der Waals surface area (Å²) in [6, 6.07) is 9.88. The van der Waals surface area contributed by atoms with Crippen molar-refractivity contribution in [3.8, 4) is 0 Å². The lowest BCUT2D eigenvalue weighted by Crippen LogP contribution is -2.33. The molecule has 0 aliphatic carbocycles. The van der Waals surface area contributed by atoms with Crippen molar-refractivity contribution in [2.45, 2.75) is 18.9 Å². The molecule has 1 aliphatic heterocycles. The molecule has 0 aromatic heterocycles. The average molecular weight is 278 g/mol. The number of hydrogen-bond donors (Lipinski definition) is 2. The summed E-state index contributed by atoms with van der Waals surface area (Å²) in [5, 5.41) is 19.2. The van der Waals surface area contributed by atoms with E-state index in [0.717, 1.165) is 57.7 Å². The summed E-state index contributed by atoms with van der Waals surface area (Å²) >= 11 is 0. The first-order valence-electron chi connectivity index (χ1n) is 7.58. The molecule has 1 aliphatic rings. The maximum absolute atomic E-state index is 10.2. The van der Waals surface area contributed by atoms with Crippen LogP contribution in [0.5, 0.6) is 0 Å². The van der Waals surface area contributed by atoms with Crippen LogP contribution in [0.3, 0.4) is 0 Å². The summed E-state index contributed by atoms with van der Waals surface area (Å²) in [7, 11) is 0. The minimum atomic E-state index is -0.368. The van der Waals surface area contributed by atoms with Gasteiger partial charge in [0.15, 0.2) is 0 Å². The van der Waals surface area contributed by atoms with Gasteiger partial charge in [0, 0.05) is 26.2 Å². The molecule has 0 bridgehead atoms. The van der Waals surface area contributed by atoms with Crippen molar-refractivity contribution in [1.29, 1.82) is 0 Å². The normalized spacial score (nSPS) is 19.7. The summed E-state index contributed by atoms with van der Waals surface area (Å²) in [5.74, 6) is 0. The minimum absolute atomic E-state index is 0.243. The second kappa shape index (κ2) is 8.37. The standard InChI is InChI=1S/C16H26N2O2/c19-14-13-18-9-4-8-17(11-12-18)10-7-16(20)15-5-2-1-3-6-15/h1-3,5-6,16,19-20H,4,7-14H2. The van der Waals surface area contributed by atoms with Gasteiger partial charge >= 0.3 is 0 Å². The Morgan fingerprint density at radius 3 is 2.25 bits per heavy atom. The van der Waals surface area contributed by atoms with Crippen LogP contribution in [-0.2, 0) is 0 Å². The van der Waals surface area contributed by atoms with Crippen LogP contribution in [0, 0.1) is 0 Å². The van der Waals surface area contributed by atoms with E-state index in [4.69, 9.17) is 5.11 Å². The van der Waals surface area contributed by atoms with Gasteiger partial charge in [0.1, 0.15) is 0 Å². The van der Waals surface area contributed by atoms with Crippen molar-refractivity contribution >= 4 is 0 Å². The highest BCUT2D eigenvalue weighted by atomic mass is 16.3. The van der Waals surface area contributed by atoms with Crippen molar-refractivity contribution in [1.82, 2.24) is 9.80 Å². The van der Waals surface area contributed by atoms with E-state index in [1.807, 2.05) is 30.3 Å². The number of benzene rings is 1. The fraction of sp³-hybridized carbons (Fsp3) is 0.625. The number of nitrogens with zero attached hydrogens (tertiary/aromatic N) is 2. The van der Waals surface area contributed by atoms with Crippen LogP contribution in [0.1, 0.15) is 24.5 Å². The molecule has 0 saturated carbocycles. The quantitative estimate of drug-likeness (QED) is 0.818. The van der Waals surface area contributed by atoms with Gasteiger partial charge in [-0.1, -0.05) is 30.3 Å². The molecule has 4 heteroatoms. The Kier molecular flexibility index (Phi) is 6.47. The van der Waals surface area contributed by atoms with E-state index in [1.165, 1.54) is 0 Å². The topological polar surface area (TPSA) is 46.9 Å². The Hall–Kier alpha value is -0.940. The summed E-state index contributed by atoms with van der Waals surface area (Å²) < 4.78 is 0. The summed E-state index contributed by atoms with van der Waals surface area (Å²) in [6.07, 6.45) is 1.55. The second-order valence-electron chi connectivity index (χ2n) is 5.48. The Labute approximate surface area is 121 Å². The molecule has 1 saturated heterocycles. The maximum Gasteiger partial charge on any atom is 0.0802 e. The van der Waals surface area contributed by atoms with Gasteiger partial charge in [-0.15, -0.1) is 0 Å². The first kappa shape index (κ1) is 15.4. The summed E-state index contributed by atoms with van der Waals surface area (Å²) in [6.45, 7) is 6.15. The molecule has 1 atom stereocenters. The predicted octanol–water partition coefficient (Wildman–Crippen LogP) is 1.11. The molecular weight excluding hydrogens is 252 g/mol. The van der Waals surface area contributed by atoms with Crippen molar-refractivity contribution in [2.75, 3.05) is 45.9 Å². The predicted molar refractivity (Wildman–Crippen MR) is 80.6 cm³/mol. The van der Waals surface area contributed by atoms with Gasteiger partial charge in [0.25, 0.3) is 0 Å². The molecule has 20 heavy (non-hydrogen) atoms. The van der Waals surface area contributed by atoms with E-state index < -0.39 is 0 Å². The van der Waals surface area contributed by atoms with Crippen molar-refractivity contribution in [3.05, 3.63) is 35.9 Å². The van der Waals surface area contributed by atoms with Crippen LogP contribution < -0.4 is 0 Å². The first-order valence-corrected chi connectivity index (χ1v) is 7.58. The zero-order valence-electron chi connectivity index (χ0n) is 12.1. The second-order valence-corrected chi connectivity index (χ2v) is 5.48. The lowest BCUT2D eigenvalue weighted by atomic mass is 10.1. The SMILES string of the molecule is OCCN1CCCN(CCC(O)c2ccccc2)CC1. The molecule has 2 rings (SSSR count). The Morgan fingerprint density at radius 1 is 0.950 bits per heavy atom. The molecule has 4 nitrogen and oxygen atoms in total. The van der Waals surface area contributed by atoms with Gasteiger partial charge in [0.05, 0.1) is 12.7 Å². The van der Waals surface area contributed by atoms with Crippen LogP contribution in [0.15, 0.2) is 30.3 Å². The molecule has 1 aromatic carbocycles.